The van der Waals surface area contributed by atoms with Crippen LogP contribution in [0, 0.1) is 0 Å². The highest BCUT2D eigenvalue weighted by atomic mass is 35.5. The smallest absolute Gasteiger partial charge is 0.266 e. The van der Waals surface area contributed by atoms with Gasteiger partial charge in [-0.15, -0.1) is 6.58 Å². The van der Waals surface area contributed by atoms with E-state index in [1.807, 2.05) is 30.3 Å². The lowest BCUT2D eigenvalue weighted by atomic mass is 10.2. The van der Waals surface area contributed by atoms with Crippen LogP contribution < -0.4 is 5.56 Å². The van der Waals surface area contributed by atoms with Gasteiger partial charge in [0.25, 0.3) is 5.56 Å². The lowest BCUT2D eigenvalue weighted by molar-refractivity contribution is 0.821. The topological polar surface area (TPSA) is 34.9 Å². The standard InChI is InChI=1S/C17H13ClN2OS/c1-2-10-22-17-19-15-9-8-12(18)11-14(15)16(21)20(17)13-6-4-3-5-7-13/h2-9,11H,1,10H2. The maximum absolute atomic E-state index is 12.9. The molecule has 22 heavy (non-hydrogen) atoms. The van der Waals surface area contributed by atoms with Gasteiger partial charge in [-0.2, -0.15) is 0 Å². The predicted octanol–water partition coefficient (Wildman–Crippen LogP) is 4.32. The van der Waals surface area contributed by atoms with E-state index in [1.54, 1.807) is 28.8 Å². The Morgan fingerprint density at radius 2 is 2.00 bits per heavy atom. The Hall–Kier alpha value is -2.04. The molecule has 0 aliphatic rings. The zero-order valence-corrected chi connectivity index (χ0v) is 13.3. The number of halogens is 1. The summed E-state index contributed by atoms with van der Waals surface area (Å²) >= 11 is 7.49. The molecule has 0 aliphatic carbocycles. The van der Waals surface area contributed by atoms with Crippen LogP contribution in [0.2, 0.25) is 5.02 Å². The van der Waals surface area contributed by atoms with Crippen LogP contribution in [-0.4, -0.2) is 15.3 Å². The van der Waals surface area contributed by atoms with E-state index in [-0.39, 0.29) is 5.56 Å². The summed E-state index contributed by atoms with van der Waals surface area (Å²) < 4.78 is 1.62. The molecule has 0 N–H and O–H groups in total. The normalized spacial score (nSPS) is 10.8. The molecule has 3 rings (SSSR count). The number of rotatable bonds is 4. The van der Waals surface area contributed by atoms with E-state index in [4.69, 9.17) is 11.6 Å². The molecule has 0 bridgehead atoms. The highest BCUT2D eigenvalue weighted by molar-refractivity contribution is 7.99. The molecule has 0 saturated carbocycles. The van der Waals surface area contributed by atoms with Gasteiger partial charge in [-0.25, -0.2) is 4.98 Å². The Balaban J connectivity index is 2.33. The van der Waals surface area contributed by atoms with Crippen LogP contribution in [0.5, 0.6) is 0 Å². The van der Waals surface area contributed by atoms with E-state index < -0.39 is 0 Å². The molecule has 110 valence electrons. The van der Waals surface area contributed by atoms with Crippen LogP contribution >= 0.6 is 23.4 Å². The minimum atomic E-state index is -0.120. The zero-order valence-electron chi connectivity index (χ0n) is 11.7. The van der Waals surface area contributed by atoms with Gasteiger partial charge in [0.15, 0.2) is 5.16 Å². The fourth-order valence-corrected chi connectivity index (χ4v) is 3.09. The fraction of sp³-hybridized carbons (Fsp3) is 0.0588. The van der Waals surface area contributed by atoms with Crippen LogP contribution in [0.25, 0.3) is 16.6 Å². The molecule has 0 unspecified atom stereocenters. The maximum atomic E-state index is 12.9. The van der Waals surface area contributed by atoms with Gasteiger partial charge in [0.05, 0.1) is 16.6 Å². The van der Waals surface area contributed by atoms with Crippen molar-refractivity contribution in [1.82, 2.24) is 9.55 Å². The van der Waals surface area contributed by atoms with E-state index in [2.05, 4.69) is 11.6 Å². The number of hydrogen-bond donors (Lipinski definition) is 0. The average molecular weight is 329 g/mol. The summed E-state index contributed by atoms with van der Waals surface area (Å²) in [4.78, 5) is 17.5. The van der Waals surface area contributed by atoms with Crippen molar-refractivity contribution in [1.29, 1.82) is 0 Å². The van der Waals surface area contributed by atoms with Crippen LogP contribution in [0.4, 0.5) is 0 Å². The van der Waals surface area contributed by atoms with Crippen LogP contribution in [0.1, 0.15) is 0 Å². The van der Waals surface area contributed by atoms with Crippen molar-refractivity contribution >= 4 is 34.3 Å². The molecule has 1 heterocycles. The van der Waals surface area contributed by atoms with E-state index >= 15 is 0 Å². The molecule has 0 saturated heterocycles. The molecule has 0 fully saturated rings. The number of para-hydroxylation sites is 1. The summed E-state index contributed by atoms with van der Waals surface area (Å²) in [6.45, 7) is 3.72. The number of aromatic nitrogens is 2. The van der Waals surface area contributed by atoms with Crippen molar-refractivity contribution in [3.63, 3.8) is 0 Å². The number of thioether (sulfide) groups is 1. The number of fused-ring (bicyclic) bond motifs is 1. The van der Waals surface area contributed by atoms with Gasteiger partial charge in [0.1, 0.15) is 0 Å². The molecule has 0 amide bonds. The molecule has 5 heteroatoms. The van der Waals surface area contributed by atoms with E-state index in [9.17, 15) is 4.79 Å². The monoisotopic (exact) mass is 328 g/mol. The average Bonchev–Trinajstić information content (AvgIpc) is 2.54. The summed E-state index contributed by atoms with van der Waals surface area (Å²) in [6.07, 6.45) is 1.79. The number of hydrogen-bond acceptors (Lipinski definition) is 3. The second-order valence-electron chi connectivity index (χ2n) is 4.63. The molecule has 0 radical (unpaired) electrons. The fourth-order valence-electron chi connectivity index (χ4n) is 2.17. The lowest BCUT2D eigenvalue weighted by Gasteiger charge is -2.12. The molecule has 2 aromatic carbocycles. The Bertz CT molecular complexity index is 890. The number of nitrogens with zero attached hydrogens (tertiary/aromatic N) is 2. The largest absolute Gasteiger partial charge is 0.268 e. The van der Waals surface area contributed by atoms with E-state index in [0.717, 1.165) is 5.69 Å². The summed E-state index contributed by atoms with van der Waals surface area (Å²) in [5, 5.41) is 1.68. The number of benzene rings is 2. The van der Waals surface area contributed by atoms with Gasteiger partial charge in [-0.1, -0.05) is 47.6 Å². The molecule has 1 aromatic heterocycles. The third kappa shape index (κ3) is 2.80. The van der Waals surface area contributed by atoms with Gasteiger partial charge in [0.2, 0.25) is 0 Å². The van der Waals surface area contributed by atoms with Crippen LogP contribution in [0.15, 0.2) is 71.1 Å². The third-order valence-electron chi connectivity index (χ3n) is 3.14. The van der Waals surface area contributed by atoms with Crippen LogP contribution in [-0.2, 0) is 0 Å². The van der Waals surface area contributed by atoms with E-state index in [1.165, 1.54) is 11.8 Å². The molecule has 3 nitrogen and oxygen atoms in total. The molecule has 0 atom stereocenters. The Morgan fingerprint density at radius 3 is 2.73 bits per heavy atom. The molecule has 0 aliphatic heterocycles. The van der Waals surface area contributed by atoms with E-state index in [0.29, 0.717) is 26.8 Å². The second-order valence-corrected chi connectivity index (χ2v) is 6.06. The first-order valence-corrected chi connectivity index (χ1v) is 8.08. The third-order valence-corrected chi connectivity index (χ3v) is 4.31. The lowest BCUT2D eigenvalue weighted by Crippen LogP contribution is -2.21. The van der Waals surface area contributed by atoms with Gasteiger partial charge in [-0.05, 0) is 30.3 Å². The molecular formula is C17H13ClN2OS. The quantitative estimate of drug-likeness (QED) is 0.406. The van der Waals surface area contributed by atoms with Crippen molar-refractivity contribution in [3.8, 4) is 5.69 Å². The molecular weight excluding hydrogens is 316 g/mol. The van der Waals surface area contributed by atoms with Crippen molar-refractivity contribution < 1.29 is 0 Å². The Kier molecular flexibility index (Phi) is 4.32. The maximum Gasteiger partial charge on any atom is 0.266 e. The van der Waals surface area contributed by atoms with Gasteiger partial charge in [-0.3, -0.25) is 9.36 Å². The first-order valence-electron chi connectivity index (χ1n) is 6.72. The first kappa shape index (κ1) is 14.9. The minimum absolute atomic E-state index is 0.120. The van der Waals surface area contributed by atoms with Crippen molar-refractivity contribution in [2.75, 3.05) is 5.75 Å². The zero-order chi connectivity index (χ0) is 15.5. The van der Waals surface area contributed by atoms with Crippen LogP contribution in [0.3, 0.4) is 0 Å². The predicted molar refractivity (Wildman–Crippen MR) is 93.3 cm³/mol. The first-order chi connectivity index (χ1) is 10.7. The van der Waals surface area contributed by atoms with Crippen molar-refractivity contribution in [2.45, 2.75) is 5.16 Å². The molecule has 0 spiro atoms. The van der Waals surface area contributed by atoms with Gasteiger partial charge in [0, 0.05) is 10.8 Å². The van der Waals surface area contributed by atoms with Crippen molar-refractivity contribution in [2.24, 2.45) is 0 Å². The molecule has 3 aromatic rings. The Morgan fingerprint density at radius 1 is 1.23 bits per heavy atom. The van der Waals surface area contributed by atoms with Gasteiger partial charge < -0.3 is 0 Å². The Labute approximate surface area is 137 Å². The summed E-state index contributed by atoms with van der Waals surface area (Å²) in [5.41, 5.74) is 1.31. The minimum Gasteiger partial charge on any atom is -0.268 e. The van der Waals surface area contributed by atoms with Crippen molar-refractivity contribution in [3.05, 3.63) is 76.6 Å². The summed E-state index contributed by atoms with van der Waals surface area (Å²) in [5.74, 6) is 0.679. The second kappa shape index (κ2) is 6.38. The highest BCUT2D eigenvalue weighted by Crippen LogP contribution is 2.22. The summed E-state index contributed by atoms with van der Waals surface area (Å²) in [7, 11) is 0. The highest BCUT2D eigenvalue weighted by Gasteiger charge is 2.13. The van der Waals surface area contributed by atoms with Gasteiger partial charge >= 0.3 is 0 Å². The SMILES string of the molecule is C=CCSc1nc2ccc(Cl)cc2c(=O)n1-c1ccccc1. The summed E-state index contributed by atoms with van der Waals surface area (Å²) in [6, 6.07) is 14.6.